The quantitative estimate of drug-likeness (QED) is 0.902. The van der Waals surface area contributed by atoms with E-state index in [1.165, 1.54) is 19.0 Å². The standard InChI is InChI=1S/C16H18N2O3/c1-21-13-8-4-7-11-14(18-10-5-2-3-6-10)12(16(19)20)9-17-15(11)13/h4,7-10H,2-3,5-6H2,1H3,(H,17,18)(H,19,20). The van der Waals surface area contributed by atoms with Gasteiger partial charge in [-0.1, -0.05) is 25.0 Å². The van der Waals surface area contributed by atoms with Gasteiger partial charge in [0.15, 0.2) is 0 Å². The maximum Gasteiger partial charge on any atom is 0.339 e. The van der Waals surface area contributed by atoms with Crippen molar-refractivity contribution in [2.75, 3.05) is 12.4 Å². The first-order chi connectivity index (χ1) is 10.2. The summed E-state index contributed by atoms with van der Waals surface area (Å²) in [5, 5.41) is 13.6. The number of carboxylic acids is 1. The zero-order valence-electron chi connectivity index (χ0n) is 11.9. The Balaban J connectivity index is 2.15. The first-order valence-corrected chi connectivity index (χ1v) is 7.16. The Morgan fingerprint density at radius 1 is 1.38 bits per heavy atom. The van der Waals surface area contributed by atoms with E-state index in [0.717, 1.165) is 18.2 Å². The number of nitrogens with one attached hydrogen (secondary N) is 1. The number of ether oxygens (including phenoxy) is 1. The van der Waals surface area contributed by atoms with Crippen LogP contribution in [-0.4, -0.2) is 29.2 Å². The molecule has 110 valence electrons. The van der Waals surface area contributed by atoms with Crippen molar-refractivity contribution in [1.82, 2.24) is 4.98 Å². The van der Waals surface area contributed by atoms with Gasteiger partial charge in [0.2, 0.25) is 0 Å². The molecule has 1 aliphatic rings. The Morgan fingerprint density at radius 2 is 2.14 bits per heavy atom. The minimum Gasteiger partial charge on any atom is -0.494 e. The van der Waals surface area contributed by atoms with E-state index in [9.17, 15) is 9.90 Å². The Bertz CT molecular complexity index is 679. The van der Waals surface area contributed by atoms with Crippen molar-refractivity contribution in [3.05, 3.63) is 30.0 Å². The van der Waals surface area contributed by atoms with Gasteiger partial charge in [-0.25, -0.2) is 4.79 Å². The average Bonchev–Trinajstić information content (AvgIpc) is 2.99. The molecule has 3 rings (SSSR count). The van der Waals surface area contributed by atoms with E-state index in [4.69, 9.17) is 4.74 Å². The molecule has 2 N–H and O–H groups in total. The summed E-state index contributed by atoms with van der Waals surface area (Å²) in [5.74, 6) is -0.313. The minimum absolute atomic E-state index is 0.211. The van der Waals surface area contributed by atoms with Crippen molar-refractivity contribution < 1.29 is 14.6 Å². The van der Waals surface area contributed by atoms with E-state index in [1.807, 2.05) is 18.2 Å². The first-order valence-electron chi connectivity index (χ1n) is 7.16. The lowest BCUT2D eigenvalue weighted by atomic mass is 10.1. The highest BCUT2D eigenvalue weighted by molar-refractivity contribution is 6.05. The molecule has 0 bridgehead atoms. The van der Waals surface area contributed by atoms with Crippen LogP contribution >= 0.6 is 0 Å². The van der Waals surface area contributed by atoms with E-state index in [2.05, 4.69) is 10.3 Å². The molecule has 0 saturated heterocycles. The molecule has 0 amide bonds. The molecule has 1 saturated carbocycles. The number of aromatic carboxylic acids is 1. The van der Waals surface area contributed by atoms with Gasteiger partial charge in [-0.05, 0) is 18.9 Å². The molecule has 1 fully saturated rings. The van der Waals surface area contributed by atoms with E-state index < -0.39 is 5.97 Å². The summed E-state index contributed by atoms with van der Waals surface area (Å²) < 4.78 is 5.32. The van der Waals surface area contributed by atoms with E-state index in [0.29, 0.717) is 23.0 Å². The second-order valence-corrected chi connectivity index (χ2v) is 5.33. The monoisotopic (exact) mass is 286 g/mol. The van der Waals surface area contributed by atoms with Gasteiger partial charge in [-0.15, -0.1) is 0 Å². The number of rotatable bonds is 4. The number of benzene rings is 1. The summed E-state index contributed by atoms with van der Waals surface area (Å²) in [4.78, 5) is 15.7. The van der Waals surface area contributed by atoms with Crippen molar-refractivity contribution in [2.24, 2.45) is 0 Å². The third-order valence-electron chi connectivity index (χ3n) is 4.01. The summed E-state index contributed by atoms with van der Waals surface area (Å²) >= 11 is 0. The second-order valence-electron chi connectivity index (χ2n) is 5.33. The highest BCUT2D eigenvalue weighted by Crippen LogP contribution is 2.33. The molecule has 1 aliphatic carbocycles. The summed E-state index contributed by atoms with van der Waals surface area (Å²) in [6, 6.07) is 5.90. The number of pyridine rings is 1. The zero-order valence-corrected chi connectivity index (χ0v) is 11.9. The fourth-order valence-electron chi connectivity index (χ4n) is 2.95. The fourth-order valence-corrected chi connectivity index (χ4v) is 2.95. The largest absolute Gasteiger partial charge is 0.494 e. The predicted octanol–water partition coefficient (Wildman–Crippen LogP) is 3.30. The van der Waals surface area contributed by atoms with Crippen molar-refractivity contribution >= 4 is 22.6 Å². The smallest absolute Gasteiger partial charge is 0.339 e. The normalized spacial score (nSPS) is 15.3. The van der Waals surface area contributed by atoms with Crippen molar-refractivity contribution in [3.63, 3.8) is 0 Å². The summed E-state index contributed by atoms with van der Waals surface area (Å²) in [5.41, 5.74) is 1.55. The van der Waals surface area contributed by atoms with Crippen molar-refractivity contribution in [1.29, 1.82) is 0 Å². The van der Waals surface area contributed by atoms with Crippen LogP contribution in [0, 0.1) is 0 Å². The number of carboxylic acid groups (broad SMARTS) is 1. The number of nitrogens with zero attached hydrogens (tertiary/aromatic N) is 1. The molecule has 0 unspecified atom stereocenters. The van der Waals surface area contributed by atoms with Crippen LogP contribution in [0.4, 0.5) is 5.69 Å². The van der Waals surface area contributed by atoms with Crippen LogP contribution < -0.4 is 10.1 Å². The molecule has 1 aromatic heterocycles. The minimum atomic E-state index is -0.965. The highest BCUT2D eigenvalue weighted by Gasteiger charge is 2.21. The van der Waals surface area contributed by atoms with E-state index in [-0.39, 0.29) is 5.56 Å². The van der Waals surface area contributed by atoms with Gasteiger partial charge in [0.1, 0.15) is 16.8 Å². The molecular weight excluding hydrogens is 268 g/mol. The number of para-hydroxylation sites is 1. The van der Waals surface area contributed by atoms with Crippen LogP contribution in [0.3, 0.4) is 0 Å². The third-order valence-corrected chi connectivity index (χ3v) is 4.01. The second kappa shape index (κ2) is 5.60. The molecule has 2 aromatic rings. The number of anilines is 1. The van der Waals surface area contributed by atoms with Gasteiger partial charge < -0.3 is 15.2 Å². The number of carbonyl (C=O) groups is 1. The van der Waals surface area contributed by atoms with Gasteiger partial charge in [0, 0.05) is 17.6 Å². The maximum absolute atomic E-state index is 11.5. The van der Waals surface area contributed by atoms with Gasteiger partial charge >= 0.3 is 5.97 Å². The number of hydrogen-bond donors (Lipinski definition) is 2. The lowest BCUT2D eigenvalue weighted by Gasteiger charge is -2.18. The predicted molar refractivity (Wildman–Crippen MR) is 81.1 cm³/mol. The lowest BCUT2D eigenvalue weighted by molar-refractivity contribution is 0.0697. The van der Waals surface area contributed by atoms with Gasteiger partial charge in [0.25, 0.3) is 0 Å². The molecule has 5 nitrogen and oxygen atoms in total. The molecule has 0 radical (unpaired) electrons. The first kappa shape index (κ1) is 13.7. The SMILES string of the molecule is COc1cccc2c(NC3CCCC3)c(C(=O)O)cnc12. The lowest BCUT2D eigenvalue weighted by Crippen LogP contribution is -2.17. The average molecular weight is 286 g/mol. The van der Waals surface area contributed by atoms with Gasteiger partial charge in [-0.2, -0.15) is 0 Å². The Morgan fingerprint density at radius 3 is 2.81 bits per heavy atom. The van der Waals surface area contributed by atoms with Gasteiger partial charge in [0.05, 0.1) is 12.8 Å². The van der Waals surface area contributed by atoms with Crippen molar-refractivity contribution in [2.45, 2.75) is 31.7 Å². The summed E-state index contributed by atoms with van der Waals surface area (Å²) in [6.07, 6.45) is 5.93. The zero-order chi connectivity index (χ0) is 14.8. The maximum atomic E-state index is 11.5. The van der Waals surface area contributed by atoms with Crippen LogP contribution in [0.15, 0.2) is 24.4 Å². The molecule has 5 heteroatoms. The molecule has 0 atom stereocenters. The van der Waals surface area contributed by atoms with E-state index in [1.54, 1.807) is 7.11 Å². The van der Waals surface area contributed by atoms with E-state index >= 15 is 0 Å². The summed E-state index contributed by atoms with van der Waals surface area (Å²) in [6.45, 7) is 0. The molecule has 1 heterocycles. The van der Waals surface area contributed by atoms with Gasteiger partial charge in [-0.3, -0.25) is 4.98 Å². The number of hydrogen-bond acceptors (Lipinski definition) is 4. The van der Waals surface area contributed by atoms with Crippen molar-refractivity contribution in [3.8, 4) is 5.75 Å². The van der Waals surface area contributed by atoms with Crippen LogP contribution in [-0.2, 0) is 0 Å². The fraction of sp³-hybridized carbons (Fsp3) is 0.375. The molecule has 0 aliphatic heterocycles. The van der Waals surface area contributed by atoms with Crippen LogP contribution in [0.2, 0.25) is 0 Å². The summed E-state index contributed by atoms with van der Waals surface area (Å²) in [7, 11) is 1.59. The number of aromatic nitrogens is 1. The van der Waals surface area contributed by atoms with Crippen LogP contribution in [0.5, 0.6) is 5.75 Å². The molecule has 0 spiro atoms. The Kier molecular flexibility index (Phi) is 3.64. The number of fused-ring (bicyclic) bond motifs is 1. The molecule has 21 heavy (non-hydrogen) atoms. The van der Waals surface area contributed by atoms with Crippen LogP contribution in [0.25, 0.3) is 10.9 Å². The molecule has 1 aromatic carbocycles. The third kappa shape index (κ3) is 2.51. The number of methoxy groups -OCH3 is 1. The Labute approximate surface area is 123 Å². The Hall–Kier alpha value is -2.30. The topological polar surface area (TPSA) is 71.5 Å². The molecular formula is C16H18N2O3. The van der Waals surface area contributed by atoms with Crippen LogP contribution in [0.1, 0.15) is 36.0 Å². The highest BCUT2D eigenvalue weighted by atomic mass is 16.5.